The van der Waals surface area contributed by atoms with Gasteiger partial charge in [0, 0.05) is 3.57 Å². The predicted molar refractivity (Wildman–Crippen MR) is 117 cm³/mol. The number of hydrogen-bond donors (Lipinski definition) is 1. The number of nitriles is 1. The van der Waals surface area contributed by atoms with Gasteiger partial charge in [-0.15, -0.1) is 0 Å². The second kappa shape index (κ2) is 8.39. The average molecular weight is 525 g/mol. The number of halogens is 2. The molecule has 0 saturated heterocycles. The van der Waals surface area contributed by atoms with Crippen molar-refractivity contribution >= 4 is 49.9 Å². The first-order valence-corrected chi connectivity index (χ1v) is 11.0. The zero-order valence-corrected chi connectivity index (χ0v) is 18.3. The van der Waals surface area contributed by atoms with E-state index in [9.17, 15) is 13.7 Å². The maximum absolute atomic E-state index is 12.6. The van der Waals surface area contributed by atoms with Crippen molar-refractivity contribution in [1.29, 1.82) is 5.26 Å². The number of benzene rings is 3. The lowest BCUT2D eigenvalue weighted by Gasteiger charge is -2.12. The summed E-state index contributed by atoms with van der Waals surface area (Å²) >= 11 is 8.16. The largest absolute Gasteiger partial charge is 0.456 e. The zero-order chi connectivity index (χ0) is 20.3. The number of aryl methyl sites for hydroxylation is 1. The monoisotopic (exact) mass is 524 g/mol. The molecular formula is C20H14ClIN2O3S. The Hall–Kier alpha value is -2.28. The highest BCUT2D eigenvalue weighted by Gasteiger charge is 2.16. The van der Waals surface area contributed by atoms with E-state index < -0.39 is 10.0 Å². The van der Waals surface area contributed by atoms with Crippen molar-refractivity contribution in [3.05, 3.63) is 80.4 Å². The summed E-state index contributed by atoms with van der Waals surface area (Å²) in [6.45, 7) is 1.84. The molecule has 0 aromatic heterocycles. The molecule has 0 radical (unpaired) electrons. The van der Waals surface area contributed by atoms with E-state index in [-0.39, 0.29) is 15.5 Å². The summed E-state index contributed by atoms with van der Waals surface area (Å²) in [6.07, 6.45) is 0. The summed E-state index contributed by atoms with van der Waals surface area (Å²) in [4.78, 5) is 0.101. The van der Waals surface area contributed by atoms with E-state index >= 15 is 0 Å². The number of hydrogen-bond acceptors (Lipinski definition) is 4. The quantitative estimate of drug-likeness (QED) is 0.433. The molecule has 0 bridgehead atoms. The summed E-state index contributed by atoms with van der Waals surface area (Å²) in [5.74, 6) is 0.696. The van der Waals surface area contributed by atoms with Gasteiger partial charge in [-0.2, -0.15) is 5.26 Å². The van der Waals surface area contributed by atoms with E-state index in [1.165, 1.54) is 24.3 Å². The number of nitrogens with one attached hydrogen (secondary N) is 1. The second-order valence-corrected chi connectivity index (χ2v) is 9.20. The van der Waals surface area contributed by atoms with Gasteiger partial charge < -0.3 is 4.74 Å². The smallest absolute Gasteiger partial charge is 0.261 e. The average Bonchev–Trinajstić information content (AvgIpc) is 2.65. The maximum Gasteiger partial charge on any atom is 0.261 e. The van der Waals surface area contributed by atoms with Crippen LogP contribution in [0.15, 0.2) is 65.6 Å². The summed E-state index contributed by atoms with van der Waals surface area (Å²) in [5.41, 5.74) is 1.58. The molecule has 0 aliphatic rings. The Morgan fingerprint density at radius 1 is 1.11 bits per heavy atom. The highest BCUT2D eigenvalue weighted by atomic mass is 127. The molecule has 5 nitrogen and oxygen atoms in total. The number of anilines is 1. The van der Waals surface area contributed by atoms with Crippen LogP contribution in [-0.4, -0.2) is 8.42 Å². The van der Waals surface area contributed by atoms with Gasteiger partial charge in [0.15, 0.2) is 0 Å². The minimum atomic E-state index is -3.74. The van der Waals surface area contributed by atoms with Crippen molar-refractivity contribution in [1.82, 2.24) is 0 Å². The minimum Gasteiger partial charge on any atom is -0.456 e. The molecule has 142 valence electrons. The third-order valence-corrected chi connectivity index (χ3v) is 6.25. The number of nitrogens with zero attached hydrogens (tertiary/aromatic N) is 1. The first kappa shape index (κ1) is 20.5. The van der Waals surface area contributed by atoms with Gasteiger partial charge in [-0.1, -0.05) is 17.7 Å². The second-order valence-electron chi connectivity index (χ2n) is 5.86. The Labute approximate surface area is 182 Å². The normalized spacial score (nSPS) is 10.9. The molecule has 1 N–H and O–H groups in total. The number of ether oxygens (including phenoxy) is 1. The highest BCUT2D eigenvalue weighted by molar-refractivity contribution is 14.1. The molecule has 8 heteroatoms. The molecule has 28 heavy (non-hydrogen) atoms. The molecule has 0 fully saturated rings. The zero-order valence-electron chi connectivity index (χ0n) is 14.6. The summed E-state index contributed by atoms with van der Waals surface area (Å²) in [6, 6.07) is 18.3. The highest BCUT2D eigenvalue weighted by Crippen LogP contribution is 2.30. The molecule has 3 aromatic carbocycles. The summed E-state index contributed by atoms with van der Waals surface area (Å²) in [7, 11) is -3.74. The van der Waals surface area contributed by atoms with Crippen molar-refractivity contribution < 1.29 is 13.2 Å². The molecule has 0 aliphatic carbocycles. The first-order chi connectivity index (χ1) is 13.3. The molecule has 0 unspecified atom stereocenters. The van der Waals surface area contributed by atoms with Gasteiger partial charge in [0.25, 0.3) is 10.0 Å². The van der Waals surface area contributed by atoms with Crippen LogP contribution in [0.25, 0.3) is 0 Å². The van der Waals surface area contributed by atoms with Crippen molar-refractivity contribution in [2.24, 2.45) is 0 Å². The van der Waals surface area contributed by atoms with Gasteiger partial charge in [-0.25, -0.2) is 8.42 Å². The molecule has 3 rings (SSSR count). The fourth-order valence-electron chi connectivity index (χ4n) is 2.46. The van der Waals surface area contributed by atoms with E-state index in [0.717, 1.165) is 9.13 Å². The third-order valence-electron chi connectivity index (χ3n) is 3.88. The van der Waals surface area contributed by atoms with Crippen LogP contribution in [0.1, 0.15) is 11.1 Å². The van der Waals surface area contributed by atoms with Gasteiger partial charge >= 0.3 is 0 Å². The summed E-state index contributed by atoms with van der Waals surface area (Å²) < 4.78 is 34.6. The van der Waals surface area contributed by atoms with Gasteiger partial charge in [0.05, 0.1) is 15.6 Å². The van der Waals surface area contributed by atoms with E-state index in [1.807, 2.05) is 25.1 Å². The van der Waals surface area contributed by atoms with Crippen LogP contribution in [0.5, 0.6) is 11.5 Å². The van der Waals surface area contributed by atoms with Crippen molar-refractivity contribution in [2.45, 2.75) is 11.8 Å². The Kier molecular flexibility index (Phi) is 6.13. The lowest BCUT2D eigenvalue weighted by atomic mass is 10.2. The predicted octanol–water partition coefficient (Wildman–Crippen LogP) is 5.72. The molecule has 3 aromatic rings. The van der Waals surface area contributed by atoms with E-state index in [2.05, 4.69) is 27.3 Å². The lowest BCUT2D eigenvalue weighted by molar-refractivity contribution is 0.480. The third kappa shape index (κ3) is 4.58. The van der Waals surface area contributed by atoms with Gasteiger partial charge in [0.1, 0.15) is 23.1 Å². The Balaban J connectivity index is 1.82. The Morgan fingerprint density at radius 3 is 2.46 bits per heavy atom. The van der Waals surface area contributed by atoms with Crippen molar-refractivity contribution in [3.8, 4) is 17.6 Å². The maximum atomic E-state index is 12.6. The number of rotatable bonds is 5. The van der Waals surface area contributed by atoms with Crippen molar-refractivity contribution in [3.63, 3.8) is 0 Å². The topological polar surface area (TPSA) is 79.2 Å². The Morgan fingerprint density at radius 2 is 1.82 bits per heavy atom. The van der Waals surface area contributed by atoms with Crippen LogP contribution in [0, 0.1) is 21.8 Å². The van der Waals surface area contributed by atoms with E-state index in [4.69, 9.17) is 16.3 Å². The molecule has 0 heterocycles. The standard InChI is InChI=1S/C20H14ClIN2O3S/c1-13-11-14(22)5-10-19(13)24-28(25,26)16-8-6-15(7-9-16)27-20-4-2-3-18(21)17(20)12-23/h2-11,24H,1H3. The fraction of sp³-hybridized carbons (Fsp3) is 0.0500. The van der Waals surface area contributed by atoms with E-state index in [0.29, 0.717) is 17.2 Å². The summed E-state index contributed by atoms with van der Waals surface area (Å²) in [5, 5.41) is 9.49. The lowest BCUT2D eigenvalue weighted by Crippen LogP contribution is -2.13. The fourth-order valence-corrected chi connectivity index (χ4v) is 4.44. The number of sulfonamides is 1. The van der Waals surface area contributed by atoms with Crippen LogP contribution in [0.4, 0.5) is 5.69 Å². The Bertz CT molecular complexity index is 1170. The molecule has 0 atom stereocenters. The van der Waals surface area contributed by atoms with Crippen molar-refractivity contribution in [2.75, 3.05) is 4.72 Å². The van der Waals surface area contributed by atoms with Gasteiger partial charge in [-0.05, 0) is 89.7 Å². The van der Waals surface area contributed by atoms with Gasteiger partial charge in [-0.3, -0.25) is 4.72 Å². The van der Waals surface area contributed by atoms with Crippen LogP contribution < -0.4 is 9.46 Å². The van der Waals surface area contributed by atoms with Crippen LogP contribution in [-0.2, 0) is 10.0 Å². The van der Waals surface area contributed by atoms with Crippen LogP contribution in [0.2, 0.25) is 5.02 Å². The molecule has 0 spiro atoms. The molecular weight excluding hydrogens is 511 g/mol. The minimum absolute atomic E-state index is 0.101. The SMILES string of the molecule is Cc1cc(I)ccc1NS(=O)(=O)c1ccc(Oc2cccc(Cl)c2C#N)cc1. The first-order valence-electron chi connectivity index (χ1n) is 8.05. The molecule has 0 aliphatic heterocycles. The van der Waals surface area contributed by atoms with Crippen LogP contribution in [0.3, 0.4) is 0 Å². The molecule has 0 saturated carbocycles. The molecule has 0 amide bonds. The van der Waals surface area contributed by atoms with Gasteiger partial charge in [0.2, 0.25) is 0 Å². The van der Waals surface area contributed by atoms with Crippen LogP contribution >= 0.6 is 34.2 Å². The van der Waals surface area contributed by atoms with E-state index in [1.54, 1.807) is 24.3 Å².